The number of allylic oxidation sites excluding steroid dienone is 1. The third-order valence-corrected chi connectivity index (χ3v) is 6.52. The highest BCUT2D eigenvalue weighted by molar-refractivity contribution is 5.93. The minimum Gasteiger partial charge on any atom is -0.342 e. The normalized spacial score (nSPS) is 20.6. The SMILES string of the molecule is CC(=O)/C(C)=C/[C@H](C(C)C)N(C)C(=O)[C@@H](NC(=O)C1CCCCN1C(C)(C)C)C(C)(C)C. The first-order valence-electron chi connectivity index (χ1n) is 12.0. The van der Waals surface area contributed by atoms with Crippen molar-refractivity contribution in [3.05, 3.63) is 11.6 Å². The van der Waals surface area contributed by atoms with Gasteiger partial charge in [-0.15, -0.1) is 0 Å². The molecule has 1 saturated heterocycles. The second-order valence-electron chi connectivity index (χ2n) is 11.8. The number of carbonyl (C=O) groups is 3. The Hall–Kier alpha value is -1.69. The van der Waals surface area contributed by atoms with Gasteiger partial charge in [-0.1, -0.05) is 47.1 Å². The van der Waals surface area contributed by atoms with Crippen LogP contribution in [0.1, 0.15) is 88.5 Å². The highest BCUT2D eigenvalue weighted by Crippen LogP contribution is 2.28. The summed E-state index contributed by atoms with van der Waals surface area (Å²) in [5.41, 5.74) is 0.0733. The molecular weight excluding hydrogens is 402 g/mol. The predicted octanol–water partition coefficient (Wildman–Crippen LogP) is 4.19. The molecule has 0 aromatic carbocycles. The number of piperidine rings is 1. The van der Waals surface area contributed by atoms with Crippen LogP contribution < -0.4 is 5.32 Å². The minimum absolute atomic E-state index is 0.00302. The highest BCUT2D eigenvalue weighted by atomic mass is 16.2. The zero-order valence-corrected chi connectivity index (χ0v) is 22.3. The molecule has 0 aromatic rings. The van der Waals surface area contributed by atoms with Crippen LogP contribution in [0.25, 0.3) is 0 Å². The molecule has 0 radical (unpaired) electrons. The van der Waals surface area contributed by atoms with Crippen molar-refractivity contribution in [1.29, 1.82) is 0 Å². The maximum Gasteiger partial charge on any atom is 0.245 e. The van der Waals surface area contributed by atoms with Crippen LogP contribution in [0.5, 0.6) is 0 Å². The lowest BCUT2D eigenvalue weighted by Gasteiger charge is -2.45. The molecule has 1 rings (SSSR count). The van der Waals surface area contributed by atoms with Crippen molar-refractivity contribution < 1.29 is 14.4 Å². The van der Waals surface area contributed by atoms with Gasteiger partial charge in [0.15, 0.2) is 5.78 Å². The van der Waals surface area contributed by atoms with E-state index >= 15 is 0 Å². The van der Waals surface area contributed by atoms with E-state index in [2.05, 4.69) is 31.0 Å². The van der Waals surface area contributed by atoms with Crippen LogP contribution in [0.3, 0.4) is 0 Å². The summed E-state index contributed by atoms with van der Waals surface area (Å²) < 4.78 is 0. The Morgan fingerprint density at radius 1 is 1.03 bits per heavy atom. The second kappa shape index (κ2) is 11.0. The Kier molecular flexibility index (Phi) is 9.70. The molecule has 3 atom stereocenters. The van der Waals surface area contributed by atoms with Crippen molar-refractivity contribution in [1.82, 2.24) is 15.1 Å². The Bertz CT molecular complexity index is 713. The molecule has 0 spiro atoms. The van der Waals surface area contributed by atoms with Gasteiger partial charge < -0.3 is 10.2 Å². The van der Waals surface area contributed by atoms with E-state index in [1.807, 2.05) is 40.7 Å². The van der Waals surface area contributed by atoms with Gasteiger partial charge in [-0.2, -0.15) is 0 Å². The van der Waals surface area contributed by atoms with Crippen molar-refractivity contribution in [3.63, 3.8) is 0 Å². The van der Waals surface area contributed by atoms with E-state index in [1.54, 1.807) is 18.9 Å². The van der Waals surface area contributed by atoms with Crippen LogP contribution in [0, 0.1) is 11.3 Å². The Balaban J connectivity index is 3.19. The van der Waals surface area contributed by atoms with Crippen LogP contribution in [0.2, 0.25) is 0 Å². The lowest BCUT2D eigenvalue weighted by Crippen LogP contribution is -2.62. The molecular formula is C26H47N3O3. The summed E-state index contributed by atoms with van der Waals surface area (Å²) in [5.74, 6) is -0.0748. The topological polar surface area (TPSA) is 69.7 Å². The van der Waals surface area contributed by atoms with Gasteiger partial charge in [0.1, 0.15) is 6.04 Å². The van der Waals surface area contributed by atoms with Gasteiger partial charge in [0, 0.05) is 12.6 Å². The molecule has 1 aliphatic heterocycles. The van der Waals surface area contributed by atoms with Crippen molar-refractivity contribution in [2.24, 2.45) is 11.3 Å². The predicted molar refractivity (Wildman–Crippen MR) is 131 cm³/mol. The summed E-state index contributed by atoms with van der Waals surface area (Å²) in [4.78, 5) is 42.8. The number of likely N-dealkylation sites (tertiary alicyclic amines) is 1. The van der Waals surface area contributed by atoms with E-state index in [9.17, 15) is 14.4 Å². The number of Topliss-reactive ketones (excluding diaryl/α,β-unsaturated/α-hetero) is 1. The maximum absolute atomic E-state index is 13.7. The summed E-state index contributed by atoms with van der Waals surface area (Å²) in [5, 5.41) is 3.12. The van der Waals surface area contributed by atoms with E-state index in [-0.39, 0.29) is 41.1 Å². The van der Waals surface area contributed by atoms with E-state index < -0.39 is 11.5 Å². The molecule has 2 amide bonds. The molecule has 0 aromatic heterocycles. The molecule has 1 unspecified atom stereocenters. The Morgan fingerprint density at radius 3 is 2.03 bits per heavy atom. The molecule has 1 N–H and O–H groups in total. The van der Waals surface area contributed by atoms with E-state index in [1.165, 1.54) is 6.92 Å². The summed E-state index contributed by atoms with van der Waals surface area (Å²) >= 11 is 0. The van der Waals surface area contributed by atoms with Gasteiger partial charge in [0.05, 0.1) is 12.1 Å². The van der Waals surface area contributed by atoms with Gasteiger partial charge in [-0.3, -0.25) is 19.3 Å². The van der Waals surface area contributed by atoms with Gasteiger partial charge in [0.2, 0.25) is 11.8 Å². The first-order valence-corrected chi connectivity index (χ1v) is 12.0. The number of amides is 2. The zero-order chi connectivity index (χ0) is 25.0. The first kappa shape index (κ1) is 28.3. The fourth-order valence-corrected chi connectivity index (χ4v) is 4.37. The molecule has 0 saturated carbocycles. The maximum atomic E-state index is 13.7. The fraction of sp³-hybridized carbons (Fsp3) is 0.808. The molecule has 1 aliphatic rings. The number of nitrogens with zero attached hydrogens (tertiary/aromatic N) is 2. The van der Waals surface area contributed by atoms with Gasteiger partial charge in [-0.05, 0) is 70.9 Å². The number of carbonyl (C=O) groups excluding carboxylic acids is 3. The van der Waals surface area contributed by atoms with Crippen molar-refractivity contribution in [3.8, 4) is 0 Å². The summed E-state index contributed by atoms with van der Waals surface area (Å²) in [6.07, 6.45) is 4.78. The standard InChI is InChI=1S/C26H47N3O3/c1-17(2)21(16-18(3)19(4)30)28(11)24(32)22(25(5,6)7)27-23(31)20-14-12-13-15-29(20)26(8,9)10/h16-17,20-22H,12-15H2,1-11H3,(H,27,31)/b18-16+/t20?,21-,22-/m1/s1. The highest BCUT2D eigenvalue weighted by Gasteiger charge is 2.41. The monoisotopic (exact) mass is 449 g/mol. The van der Waals surface area contributed by atoms with Gasteiger partial charge in [-0.25, -0.2) is 0 Å². The van der Waals surface area contributed by atoms with E-state index in [4.69, 9.17) is 0 Å². The molecule has 1 heterocycles. The first-order chi connectivity index (χ1) is 14.5. The largest absolute Gasteiger partial charge is 0.342 e. The number of ketones is 1. The molecule has 0 aliphatic carbocycles. The molecule has 6 heteroatoms. The second-order valence-corrected chi connectivity index (χ2v) is 11.8. The van der Waals surface area contributed by atoms with Crippen LogP contribution in [0.15, 0.2) is 11.6 Å². The molecule has 32 heavy (non-hydrogen) atoms. The molecule has 184 valence electrons. The average molecular weight is 450 g/mol. The van der Waals surface area contributed by atoms with Crippen LogP contribution in [0.4, 0.5) is 0 Å². The summed E-state index contributed by atoms with van der Waals surface area (Å²) in [6.45, 7) is 20.6. The number of nitrogens with one attached hydrogen (secondary N) is 1. The fourth-order valence-electron chi connectivity index (χ4n) is 4.37. The summed E-state index contributed by atoms with van der Waals surface area (Å²) in [6, 6.07) is -1.11. The number of likely N-dealkylation sites (N-methyl/N-ethyl adjacent to an activating group) is 1. The van der Waals surface area contributed by atoms with Crippen molar-refractivity contribution in [2.45, 2.75) is 112 Å². The lowest BCUT2D eigenvalue weighted by molar-refractivity contribution is -0.142. The smallest absolute Gasteiger partial charge is 0.245 e. The van der Waals surface area contributed by atoms with Crippen molar-refractivity contribution >= 4 is 17.6 Å². The third kappa shape index (κ3) is 7.43. The summed E-state index contributed by atoms with van der Waals surface area (Å²) in [7, 11) is 1.77. The van der Waals surface area contributed by atoms with Crippen LogP contribution >= 0.6 is 0 Å². The number of hydrogen-bond donors (Lipinski definition) is 1. The minimum atomic E-state index is -0.656. The van der Waals surface area contributed by atoms with E-state index in [0.717, 1.165) is 25.8 Å². The Morgan fingerprint density at radius 2 is 1.59 bits per heavy atom. The molecule has 0 bridgehead atoms. The third-order valence-electron chi connectivity index (χ3n) is 6.52. The van der Waals surface area contributed by atoms with Crippen LogP contribution in [-0.4, -0.2) is 64.7 Å². The molecule has 6 nitrogen and oxygen atoms in total. The average Bonchev–Trinajstić information content (AvgIpc) is 2.66. The van der Waals surface area contributed by atoms with E-state index in [0.29, 0.717) is 5.57 Å². The zero-order valence-electron chi connectivity index (χ0n) is 22.3. The quantitative estimate of drug-likeness (QED) is 0.592. The number of rotatable bonds is 7. The lowest BCUT2D eigenvalue weighted by atomic mass is 9.84. The number of hydrogen-bond acceptors (Lipinski definition) is 4. The van der Waals surface area contributed by atoms with Crippen molar-refractivity contribution in [2.75, 3.05) is 13.6 Å². The van der Waals surface area contributed by atoms with Gasteiger partial charge >= 0.3 is 0 Å². The Labute approximate surface area is 196 Å². The molecule has 1 fully saturated rings. The van der Waals surface area contributed by atoms with Gasteiger partial charge in [0.25, 0.3) is 0 Å². The van der Waals surface area contributed by atoms with Crippen LogP contribution in [-0.2, 0) is 14.4 Å².